The fraction of sp³-hybridized carbons (Fsp3) is 0. The van der Waals surface area contributed by atoms with Crippen molar-refractivity contribution in [1.82, 2.24) is 4.98 Å². The van der Waals surface area contributed by atoms with Gasteiger partial charge in [-0.1, -0.05) is 22.0 Å². The van der Waals surface area contributed by atoms with E-state index in [-0.39, 0.29) is 17.0 Å². The number of halogens is 2. The van der Waals surface area contributed by atoms with Crippen LogP contribution in [0.4, 0.5) is 0 Å². The lowest BCUT2D eigenvalue weighted by atomic mass is 10.2. The highest BCUT2D eigenvalue weighted by atomic mass is 79.9. The summed E-state index contributed by atoms with van der Waals surface area (Å²) in [5.74, 6) is 0. The normalized spacial score (nSPS) is 9.42. The first kappa shape index (κ1) is 9.68. The van der Waals surface area contributed by atoms with E-state index in [1.165, 1.54) is 10.8 Å². The van der Waals surface area contributed by atoms with Gasteiger partial charge in [0.15, 0.2) is 0 Å². The van der Waals surface area contributed by atoms with E-state index >= 15 is 0 Å². The molecule has 2 aromatic rings. The number of hydrogen-bond acceptors (Lipinski definition) is 1. The van der Waals surface area contributed by atoms with E-state index < -0.39 is 0 Å². The Labute approximate surface area is 89.7 Å². The summed E-state index contributed by atoms with van der Waals surface area (Å²) in [5, 5.41) is 2.39. The van der Waals surface area contributed by atoms with Crippen LogP contribution in [-0.4, -0.2) is 4.98 Å². The van der Waals surface area contributed by atoms with Crippen LogP contribution in [0, 0.1) is 0 Å². The predicted molar refractivity (Wildman–Crippen MR) is 59.8 cm³/mol. The molecular weight excluding hydrogens is 282 g/mol. The second-order valence-corrected chi connectivity index (χ2v) is 3.28. The number of hydrogen-bond donors (Lipinski definition) is 0. The molecule has 0 fully saturated rings. The van der Waals surface area contributed by atoms with Crippen LogP contribution in [0.1, 0.15) is 0 Å². The molecule has 0 aliphatic carbocycles. The molecule has 0 radical (unpaired) electrons. The number of aromatic nitrogens is 1. The topological polar surface area (TPSA) is 12.9 Å². The van der Waals surface area contributed by atoms with Crippen molar-refractivity contribution in [2.24, 2.45) is 0 Å². The van der Waals surface area contributed by atoms with E-state index in [4.69, 9.17) is 0 Å². The van der Waals surface area contributed by atoms with Crippen LogP contribution in [0.2, 0.25) is 0 Å². The van der Waals surface area contributed by atoms with Crippen LogP contribution in [0.3, 0.4) is 0 Å². The second kappa shape index (κ2) is 4.01. The lowest BCUT2D eigenvalue weighted by molar-refractivity contribution is 1.36. The van der Waals surface area contributed by atoms with Crippen molar-refractivity contribution in [3.63, 3.8) is 0 Å². The van der Waals surface area contributed by atoms with Gasteiger partial charge >= 0.3 is 0 Å². The Balaban J connectivity index is 0.000000720. The standard InChI is InChI=1S/C9H6BrN.BrH/c10-9-2-1-7-3-4-11-6-8(7)5-9;/h1-6H;1H. The van der Waals surface area contributed by atoms with Gasteiger partial charge in [-0.25, -0.2) is 0 Å². The van der Waals surface area contributed by atoms with Gasteiger partial charge < -0.3 is 0 Å². The molecule has 3 heteroatoms. The summed E-state index contributed by atoms with van der Waals surface area (Å²) in [4.78, 5) is 4.03. The molecule has 0 bridgehead atoms. The molecule has 2 rings (SSSR count). The summed E-state index contributed by atoms with van der Waals surface area (Å²) >= 11 is 3.40. The summed E-state index contributed by atoms with van der Waals surface area (Å²) in [6.45, 7) is 0. The third-order valence-corrected chi connectivity index (χ3v) is 2.10. The monoisotopic (exact) mass is 287 g/mol. The van der Waals surface area contributed by atoms with Crippen molar-refractivity contribution in [2.45, 2.75) is 0 Å². The van der Waals surface area contributed by atoms with E-state index in [2.05, 4.69) is 33.0 Å². The van der Waals surface area contributed by atoms with Gasteiger partial charge in [0.1, 0.15) is 0 Å². The average Bonchev–Trinajstić information content (AvgIpc) is 2.04. The van der Waals surface area contributed by atoms with Crippen molar-refractivity contribution in [3.8, 4) is 0 Å². The number of fused-ring (bicyclic) bond motifs is 1. The van der Waals surface area contributed by atoms with Gasteiger partial charge in [0.25, 0.3) is 0 Å². The largest absolute Gasteiger partial charge is 0.264 e. The first-order valence-corrected chi connectivity index (χ1v) is 4.15. The van der Waals surface area contributed by atoms with Crippen molar-refractivity contribution in [1.29, 1.82) is 0 Å². The Morgan fingerprint density at radius 1 is 1.08 bits per heavy atom. The third-order valence-electron chi connectivity index (χ3n) is 1.60. The fourth-order valence-electron chi connectivity index (χ4n) is 1.06. The van der Waals surface area contributed by atoms with E-state index in [1.807, 2.05) is 18.3 Å². The summed E-state index contributed by atoms with van der Waals surface area (Å²) in [7, 11) is 0. The summed E-state index contributed by atoms with van der Waals surface area (Å²) in [6.07, 6.45) is 3.66. The zero-order valence-electron chi connectivity index (χ0n) is 6.20. The van der Waals surface area contributed by atoms with E-state index in [1.54, 1.807) is 6.20 Å². The maximum absolute atomic E-state index is 4.03. The minimum atomic E-state index is 0. The molecule has 1 aromatic heterocycles. The molecule has 1 heterocycles. The third kappa shape index (κ3) is 1.84. The molecule has 0 saturated carbocycles. The Bertz CT molecular complexity index is 387. The molecule has 0 aliphatic heterocycles. The first-order valence-electron chi connectivity index (χ1n) is 3.35. The molecule has 0 amide bonds. The molecule has 0 unspecified atom stereocenters. The van der Waals surface area contributed by atoms with Crippen molar-refractivity contribution >= 4 is 43.7 Å². The molecular formula is C9H7Br2N. The van der Waals surface area contributed by atoms with Gasteiger partial charge in [-0.15, -0.1) is 17.0 Å². The molecule has 0 spiro atoms. The highest BCUT2D eigenvalue weighted by molar-refractivity contribution is 9.10. The number of benzene rings is 1. The van der Waals surface area contributed by atoms with Crippen molar-refractivity contribution < 1.29 is 0 Å². The van der Waals surface area contributed by atoms with Gasteiger partial charge in [0, 0.05) is 22.3 Å². The highest BCUT2D eigenvalue weighted by Crippen LogP contribution is 2.17. The molecule has 0 N–H and O–H groups in total. The molecule has 1 nitrogen and oxygen atoms in total. The van der Waals surface area contributed by atoms with Gasteiger partial charge in [0.2, 0.25) is 0 Å². The van der Waals surface area contributed by atoms with E-state index in [0.29, 0.717) is 0 Å². The average molecular weight is 289 g/mol. The van der Waals surface area contributed by atoms with Crippen LogP contribution in [-0.2, 0) is 0 Å². The second-order valence-electron chi connectivity index (χ2n) is 2.37. The summed E-state index contributed by atoms with van der Waals surface area (Å²) < 4.78 is 1.10. The lowest BCUT2D eigenvalue weighted by Crippen LogP contribution is -1.73. The Morgan fingerprint density at radius 2 is 1.92 bits per heavy atom. The quantitative estimate of drug-likeness (QED) is 0.722. The smallest absolute Gasteiger partial charge is 0.0346 e. The van der Waals surface area contributed by atoms with E-state index in [0.717, 1.165) is 4.47 Å². The summed E-state index contributed by atoms with van der Waals surface area (Å²) in [5.41, 5.74) is 0. The minimum absolute atomic E-state index is 0. The predicted octanol–water partition coefficient (Wildman–Crippen LogP) is 3.58. The van der Waals surface area contributed by atoms with Gasteiger partial charge in [0.05, 0.1) is 0 Å². The van der Waals surface area contributed by atoms with Crippen LogP contribution in [0.15, 0.2) is 41.1 Å². The maximum atomic E-state index is 4.03. The van der Waals surface area contributed by atoms with Crippen LogP contribution in [0.5, 0.6) is 0 Å². The zero-order chi connectivity index (χ0) is 7.68. The van der Waals surface area contributed by atoms with Crippen LogP contribution in [0.25, 0.3) is 10.8 Å². The molecule has 0 aliphatic rings. The van der Waals surface area contributed by atoms with Crippen molar-refractivity contribution in [2.75, 3.05) is 0 Å². The number of nitrogens with zero attached hydrogens (tertiary/aromatic N) is 1. The molecule has 0 saturated heterocycles. The SMILES string of the molecule is Br.Brc1ccc2ccncc2c1. The van der Waals surface area contributed by atoms with Gasteiger partial charge in [-0.3, -0.25) is 4.98 Å². The maximum Gasteiger partial charge on any atom is 0.0346 e. The first-order chi connectivity index (χ1) is 5.36. The Hall–Kier alpha value is -0.410. The number of rotatable bonds is 0. The number of pyridine rings is 1. The fourth-order valence-corrected chi connectivity index (χ4v) is 1.43. The van der Waals surface area contributed by atoms with Crippen LogP contribution < -0.4 is 0 Å². The zero-order valence-corrected chi connectivity index (χ0v) is 9.50. The van der Waals surface area contributed by atoms with Gasteiger partial charge in [-0.2, -0.15) is 0 Å². The molecule has 1 aromatic carbocycles. The minimum Gasteiger partial charge on any atom is -0.264 e. The Morgan fingerprint density at radius 3 is 2.75 bits per heavy atom. The van der Waals surface area contributed by atoms with E-state index in [9.17, 15) is 0 Å². The molecule has 0 atom stereocenters. The molecule has 12 heavy (non-hydrogen) atoms. The summed E-state index contributed by atoms with van der Waals surface area (Å²) in [6, 6.07) is 8.16. The van der Waals surface area contributed by atoms with Crippen molar-refractivity contribution in [3.05, 3.63) is 41.1 Å². The molecule has 62 valence electrons. The van der Waals surface area contributed by atoms with Gasteiger partial charge in [-0.05, 0) is 23.6 Å². The van der Waals surface area contributed by atoms with Crippen LogP contribution >= 0.6 is 32.9 Å². The lowest BCUT2D eigenvalue weighted by Gasteiger charge is -1.95. The highest BCUT2D eigenvalue weighted by Gasteiger charge is 1.91. The Kier molecular flexibility index (Phi) is 3.23.